The van der Waals surface area contributed by atoms with Gasteiger partial charge in [-0.1, -0.05) is 30.3 Å². The molecule has 2 amide bonds. The summed E-state index contributed by atoms with van der Waals surface area (Å²) >= 11 is 0. The van der Waals surface area contributed by atoms with Crippen molar-refractivity contribution in [2.24, 2.45) is 5.92 Å². The number of nitrogens with zero attached hydrogens (tertiary/aromatic N) is 1. The summed E-state index contributed by atoms with van der Waals surface area (Å²) in [6.07, 6.45) is 1.13. The van der Waals surface area contributed by atoms with Crippen LogP contribution < -0.4 is 10.2 Å². The first kappa shape index (κ1) is 19.5. The summed E-state index contributed by atoms with van der Waals surface area (Å²) in [6.45, 7) is 2.00. The van der Waals surface area contributed by atoms with Gasteiger partial charge in [0, 0.05) is 18.7 Å². The molecule has 28 heavy (non-hydrogen) atoms. The molecule has 2 aromatic rings. The first-order chi connectivity index (χ1) is 13.4. The Balaban J connectivity index is 1.89. The van der Waals surface area contributed by atoms with Crippen LogP contribution in [0, 0.1) is 11.7 Å². The molecule has 1 saturated heterocycles. The van der Waals surface area contributed by atoms with Crippen LogP contribution in [0.25, 0.3) is 0 Å². The molecule has 1 heterocycles. The summed E-state index contributed by atoms with van der Waals surface area (Å²) in [5.41, 5.74) is 0.837. The number of nitrogens with one attached hydrogen (secondary N) is 1. The Bertz CT molecular complexity index is 901. The van der Waals surface area contributed by atoms with Crippen LogP contribution in [0.4, 0.5) is 10.1 Å². The number of rotatable bonds is 6. The Morgan fingerprint density at radius 1 is 1.18 bits per heavy atom. The molecule has 3 rings (SSSR count). The molecule has 1 aliphatic heterocycles. The zero-order valence-corrected chi connectivity index (χ0v) is 15.4. The molecule has 1 aliphatic rings. The second-order valence-electron chi connectivity index (χ2n) is 6.80. The van der Waals surface area contributed by atoms with Gasteiger partial charge in [-0.05, 0) is 37.1 Å². The predicted molar refractivity (Wildman–Crippen MR) is 101 cm³/mol. The lowest BCUT2D eigenvalue weighted by molar-refractivity contribution is -0.142. The largest absolute Gasteiger partial charge is 0.481 e. The minimum absolute atomic E-state index is 0.0698. The molecule has 146 valence electrons. The molecule has 2 atom stereocenters. The molecule has 0 aromatic heterocycles. The predicted octanol–water partition coefficient (Wildman–Crippen LogP) is 3.14. The van der Waals surface area contributed by atoms with Gasteiger partial charge in [-0.2, -0.15) is 0 Å². The summed E-state index contributed by atoms with van der Waals surface area (Å²) in [5, 5.41) is 12.0. The summed E-state index contributed by atoms with van der Waals surface area (Å²) in [6, 6.07) is 11.8. The summed E-state index contributed by atoms with van der Waals surface area (Å²) in [5.74, 6) is -3.53. The molecule has 1 fully saturated rings. The highest BCUT2D eigenvalue weighted by atomic mass is 19.1. The van der Waals surface area contributed by atoms with E-state index in [1.54, 1.807) is 30.3 Å². The van der Waals surface area contributed by atoms with E-state index in [1.807, 2.05) is 0 Å². The maximum absolute atomic E-state index is 14.3. The number of hydrogen-bond donors (Lipinski definition) is 2. The molecule has 0 unspecified atom stereocenters. The molecule has 0 bridgehead atoms. The number of halogens is 1. The number of carboxylic acids is 1. The Morgan fingerprint density at radius 2 is 1.89 bits per heavy atom. The minimum Gasteiger partial charge on any atom is -0.481 e. The van der Waals surface area contributed by atoms with E-state index in [4.69, 9.17) is 0 Å². The van der Waals surface area contributed by atoms with Crippen LogP contribution in [0.2, 0.25) is 0 Å². The van der Waals surface area contributed by atoms with Crippen LogP contribution in [0.1, 0.15) is 41.7 Å². The number of hydrogen-bond acceptors (Lipinski definition) is 3. The molecular weight excluding hydrogens is 363 g/mol. The SMILES string of the molecule is C[C@@H](C(=O)O)[C@H](NC(=O)c1cc(N2CCCC2=O)ccc1F)c1ccccc1. The molecule has 0 aliphatic carbocycles. The number of carboxylic acid groups (broad SMARTS) is 1. The Morgan fingerprint density at radius 3 is 2.50 bits per heavy atom. The van der Waals surface area contributed by atoms with E-state index in [0.717, 1.165) is 6.07 Å². The number of aliphatic carboxylic acids is 1. The highest BCUT2D eigenvalue weighted by molar-refractivity contribution is 5.99. The van der Waals surface area contributed by atoms with Crippen LogP contribution in [-0.2, 0) is 9.59 Å². The van der Waals surface area contributed by atoms with Crippen molar-refractivity contribution in [3.05, 3.63) is 65.5 Å². The van der Waals surface area contributed by atoms with Crippen molar-refractivity contribution in [1.29, 1.82) is 0 Å². The van der Waals surface area contributed by atoms with Gasteiger partial charge in [0.2, 0.25) is 5.91 Å². The van der Waals surface area contributed by atoms with Crippen molar-refractivity contribution in [3.63, 3.8) is 0 Å². The topological polar surface area (TPSA) is 86.7 Å². The van der Waals surface area contributed by atoms with E-state index in [0.29, 0.717) is 30.6 Å². The van der Waals surface area contributed by atoms with Gasteiger partial charge in [0.05, 0.1) is 17.5 Å². The molecule has 2 aromatic carbocycles. The van der Waals surface area contributed by atoms with E-state index in [2.05, 4.69) is 5.32 Å². The smallest absolute Gasteiger partial charge is 0.308 e. The van der Waals surface area contributed by atoms with E-state index in [1.165, 1.54) is 24.0 Å². The van der Waals surface area contributed by atoms with Crippen molar-refractivity contribution in [2.75, 3.05) is 11.4 Å². The molecule has 0 radical (unpaired) electrons. The molecule has 2 N–H and O–H groups in total. The van der Waals surface area contributed by atoms with Crippen LogP contribution in [0.5, 0.6) is 0 Å². The first-order valence-electron chi connectivity index (χ1n) is 9.07. The van der Waals surface area contributed by atoms with Crippen molar-refractivity contribution in [2.45, 2.75) is 25.8 Å². The Kier molecular flexibility index (Phi) is 5.73. The fourth-order valence-electron chi connectivity index (χ4n) is 3.30. The van der Waals surface area contributed by atoms with Gasteiger partial charge in [-0.15, -0.1) is 0 Å². The summed E-state index contributed by atoms with van der Waals surface area (Å²) in [4.78, 5) is 37.7. The standard InChI is InChI=1S/C21H21FN2O4/c1-13(21(27)28)19(14-6-3-2-4-7-14)23-20(26)16-12-15(9-10-17(16)22)24-11-5-8-18(24)25/h2-4,6-7,9-10,12-13,19H,5,8,11H2,1H3,(H,23,26)(H,27,28)/t13-,19+/m1/s1. The van der Waals surface area contributed by atoms with Gasteiger partial charge >= 0.3 is 5.97 Å². The third-order valence-corrected chi connectivity index (χ3v) is 4.91. The second-order valence-corrected chi connectivity index (χ2v) is 6.80. The van der Waals surface area contributed by atoms with Crippen molar-refractivity contribution in [3.8, 4) is 0 Å². The highest BCUT2D eigenvalue weighted by Crippen LogP contribution is 2.26. The quantitative estimate of drug-likeness (QED) is 0.801. The van der Waals surface area contributed by atoms with Gasteiger partial charge in [-0.25, -0.2) is 4.39 Å². The fraction of sp³-hybridized carbons (Fsp3) is 0.286. The van der Waals surface area contributed by atoms with Crippen molar-refractivity contribution in [1.82, 2.24) is 5.32 Å². The molecule has 0 saturated carbocycles. The lowest BCUT2D eigenvalue weighted by Gasteiger charge is -2.23. The summed E-state index contributed by atoms with van der Waals surface area (Å²) in [7, 11) is 0. The fourth-order valence-corrected chi connectivity index (χ4v) is 3.30. The van der Waals surface area contributed by atoms with Gasteiger partial charge in [-0.3, -0.25) is 14.4 Å². The second kappa shape index (κ2) is 8.21. The van der Waals surface area contributed by atoms with Gasteiger partial charge in [0.25, 0.3) is 5.91 Å². The van der Waals surface area contributed by atoms with E-state index >= 15 is 0 Å². The lowest BCUT2D eigenvalue weighted by atomic mass is 9.94. The van der Waals surface area contributed by atoms with Crippen LogP contribution in [-0.4, -0.2) is 29.4 Å². The number of amides is 2. The number of carbonyl (C=O) groups excluding carboxylic acids is 2. The van der Waals surface area contributed by atoms with E-state index in [-0.39, 0.29) is 11.5 Å². The zero-order valence-electron chi connectivity index (χ0n) is 15.4. The Hall–Kier alpha value is -3.22. The first-order valence-corrected chi connectivity index (χ1v) is 9.07. The van der Waals surface area contributed by atoms with Crippen LogP contribution in [0.3, 0.4) is 0 Å². The Labute approximate surface area is 162 Å². The number of anilines is 1. The van der Waals surface area contributed by atoms with Crippen molar-refractivity contribution < 1.29 is 23.9 Å². The third-order valence-electron chi connectivity index (χ3n) is 4.91. The summed E-state index contributed by atoms with van der Waals surface area (Å²) < 4.78 is 14.3. The van der Waals surface area contributed by atoms with E-state index in [9.17, 15) is 23.9 Å². The van der Waals surface area contributed by atoms with Gasteiger partial charge in [0.1, 0.15) is 5.82 Å². The zero-order chi connectivity index (χ0) is 20.3. The van der Waals surface area contributed by atoms with Gasteiger partial charge in [0.15, 0.2) is 0 Å². The van der Waals surface area contributed by atoms with E-state index < -0.39 is 29.7 Å². The monoisotopic (exact) mass is 384 g/mol. The molecule has 6 nitrogen and oxygen atoms in total. The average molecular weight is 384 g/mol. The molecule has 0 spiro atoms. The lowest BCUT2D eigenvalue weighted by Crippen LogP contribution is -2.36. The number of carbonyl (C=O) groups is 3. The highest BCUT2D eigenvalue weighted by Gasteiger charge is 2.29. The maximum Gasteiger partial charge on any atom is 0.308 e. The maximum atomic E-state index is 14.3. The van der Waals surface area contributed by atoms with Crippen LogP contribution >= 0.6 is 0 Å². The van der Waals surface area contributed by atoms with Crippen LogP contribution in [0.15, 0.2) is 48.5 Å². The third kappa shape index (κ3) is 4.03. The van der Waals surface area contributed by atoms with Gasteiger partial charge < -0.3 is 15.3 Å². The molecule has 7 heteroatoms. The average Bonchev–Trinajstić information content (AvgIpc) is 3.12. The normalized spacial score (nSPS) is 15.9. The van der Waals surface area contributed by atoms with Crippen molar-refractivity contribution >= 4 is 23.5 Å². The number of benzene rings is 2. The molecular formula is C21H21FN2O4. The minimum atomic E-state index is -1.08.